The smallest absolute Gasteiger partial charge is 0.162 e. The third-order valence-electron chi connectivity index (χ3n) is 10.7. The van der Waals surface area contributed by atoms with Gasteiger partial charge in [0.15, 0.2) is 11.6 Å². The molecule has 0 aliphatic rings. The van der Waals surface area contributed by atoms with Crippen LogP contribution < -0.4 is 0 Å². The summed E-state index contributed by atoms with van der Waals surface area (Å²) in [5, 5.41) is 8.68. The standard InChI is InChI=1S/C46H26N4S/c1-3-13-27(14-4-1)29-23-24-37-33(25-29)34-26-38-40(41-31-18-8-10-20-35(31)49(37)43(34)41)30-17-7-11-21-36(30)50(38)46-44-42(32-19-9-12-22-39(32)51-44)47-45(48-46)28-15-5-2-6-16-28/h1-26H. The van der Waals surface area contributed by atoms with E-state index in [0.29, 0.717) is 0 Å². The Morgan fingerprint density at radius 1 is 0.431 bits per heavy atom. The molecule has 0 aliphatic carbocycles. The Morgan fingerprint density at radius 3 is 1.88 bits per heavy atom. The fourth-order valence-corrected chi connectivity index (χ4v) is 9.62. The lowest BCUT2D eigenvalue weighted by Gasteiger charge is -2.11. The number of benzene rings is 7. The quantitative estimate of drug-likeness (QED) is 0.188. The average molecular weight is 667 g/mol. The number of para-hydroxylation sites is 2. The first-order valence-corrected chi connectivity index (χ1v) is 18.1. The van der Waals surface area contributed by atoms with E-state index in [9.17, 15) is 0 Å². The van der Waals surface area contributed by atoms with Crippen LogP contribution in [0.25, 0.3) is 109 Å². The summed E-state index contributed by atoms with van der Waals surface area (Å²) in [6, 6.07) is 56.7. The summed E-state index contributed by atoms with van der Waals surface area (Å²) in [7, 11) is 0. The topological polar surface area (TPSA) is 35.1 Å². The zero-order valence-corrected chi connectivity index (χ0v) is 28.0. The van der Waals surface area contributed by atoms with Crippen LogP contribution in [-0.4, -0.2) is 18.9 Å². The molecule has 0 saturated heterocycles. The van der Waals surface area contributed by atoms with Crippen molar-refractivity contribution in [2.75, 3.05) is 0 Å². The maximum atomic E-state index is 5.46. The van der Waals surface area contributed by atoms with Crippen LogP contribution in [0.5, 0.6) is 0 Å². The highest BCUT2D eigenvalue weighted by Gasteiger charge is 2.26. The van der Waals surface area contributed by atoms with Gasteiger partial charge in [0.2, 0.25) is 0 Å². The third-order valence-corrected chi connectivity index (χ3v) is 11.8. The van der Waals surface area contributed by atoms with Crippen LogP contribution in [0.15, 0.2) is 158 Å². The minimum atomic E-state index is 0.729. The molecule has 5 heterocycles. The summed E-state index contributed by atoms with van der Waals surface area (Å²) >= 11 is 1.77. The fraction of sp³-hybridized carbons (Fsp3) is 0. The number of hydrogen-bond acceptors (Lipinski definition) is 3. The molecule has 236 valence electrons. The second kappa shape index (κ2) is 10.0. The molecule has 0 fully saturated rings. The fourth-order valence-electron chi connectivity index (χ4n) is 8.50. The van der Waals surface area contributed by atoms with Gasteiger partial charge in [-0.25, -0.2) is 9.97 Å². The zero-order valence-electron chi connectivity index (χ0n) is 27.2. The van der Waals surface area contributed by atoms with E-state index in [-0.39, 0.29) is 0 Å². The molecule has 0 atom stereocenters. The van der Waals surface area contributed by atoms with Crippen molar-refractivity contribution in [2.45, 2.75) is 0 Å². The number of fused-ring (bicyclic) bond motifs is 13. The summed E-state index contributed by atoms with van der Waals surface area (Å²) in [5.41, 5.74) is 10.4. The van der Waals surface area contributed by atoms with Crippen molar-refractivity contribution in [1.29, 1.82) is 0 Å². The van der Waals surface area contributed by atoms with Crippen LogP contribution >= 0.6 is 11.3 Å². The van der Waals surface area contributed by atoms with E-state index in [1.54, 1.807) is 11.3 Å². The molecule has 5 aromatic heterocycles. The zero-order chi connectivity index (χ0) is 33.2. The first-order chi connectivity index (χ1) is 25.3. The molecule has 0 spiro atoms. The molecule has 7 aromatic carbocycles. The Labute approximate surface area is 295 Å². The van der Waals surface area contributed by atoms with Gasteiger partial charge < -0.3 is 4.40 Å². The molecule has 0 N–H and O–H groups in total. The van der Waals surface area contributed by atoms with Crippen LogP contribution in [0.3, 0.4) is 0 Å². The largest absolute Gasteiger partial charge is 0.308 e. The maximum Gasteiger partial charge on any atom is 0.162 e. The Morgan fingerprint density at radius 2 is 1.08 bits per heavy atom. The minimum absolute atomic E-state index is 0.729. The number of aromatic nitrogens is 4. The van der Waals surface area contributed by atoms with Gasteiger partial charge in [-0.2, -0.15) is 0 Å². The van der Waals surface area contributed by atoms with Crippen molar-refractivity contribution in [2.24, 2.45) is 0 Å². The van der Waals surface area contributed by atoms with Gasteiger partial charge >= 0.3 is 0 Å². The highest BCUT2D eigenvalue weighted by Crippen LogP contribution is 2.48. The van der Waals surface area contributed by atoms with Gasteiger partial charge in [-0.3, -0.25) is 4.57 Å². The normalized spacial score (nSPS) is 12.3. The van der Waals surface area contributed by atoms with E-state index in [1.807, 2.05) is 6.07 Å². The molecule has 5 heteroatoms. The van der Waals surface area contributed by atoms with Gasteiger partial charge in [-0.15, -0.1) is 11.3 Å². The molecule has 12 aromatic rings. The van der Waals surface area contributed by atoms with Crippen molar-refractivity contribution < 1.29 is 0 Å². The van der Waals surface area contributed by atoms with Gasteiger partial charge in [0.1, 0.15) is 0 Å². The van der Waals surface area contributed by atoms with Crippen molar-refractivity contribution >= 4 is 91.5 Å². The molecule has 0 radical (unpaired) electrons. The number of hydrogen-bond donors (Lipinski definition) is 0. The van der Waals surface area contributed by atoms with Gasteiger partial charge in [0, 0.05) is 48.0 Å². The molecular weight excluding hydrogens is 641 g/mol. The Hall–Kier alpha value is -6.56. The van der Waals surface area contributed by atoms with E-state index >= 15 is 0 Å². The van der Waals surface area contributed by atoms with E-state index in [0.717, 1.165) is 43.8 Å². The monoisotopic (exact) mass is 666 g/mol. The van der Waals surface area contributed by atoms with Crippen molar-refractivity contribution in [3.8, 4) is 28.3 Å². The van der Waals surface area contributed by atoms with Crippen LogP contribution in [0, 0.1) is 0 Å². The van der Waals surface area contributed by atoms with E-state index in [4.69, 9.17) is 9.97 Å². The van der Waals surface area contributed by atoms with Crippen molar-refractivity contribution in [1.82, 2.24) is 18.9 Å². The van der Waals surface area contributed by atoms with Gasteiger partial charge in [-0.05, 0) is 47.5 Å². The Kier molecular flexibility index (Phi) is 5.35. The summed E-state index contributed by atoms with van der Waals surface area (Å²) < 4.78 is 7.19. The van der Waals surface area contributed by atoms with Gasteiger partial charge in [-0.1, -0.05) is 121 Å². The van der Waals surface area contributed by atoms with E-state index in [1.165, 1.54) is 64.7 Å². The number of thiophene rings is 1. The highest BCUT2D eigenvalue weighted by atomic mass is 32.1. The highest BCUT2D eigenvalue weighted by molar-refractivity contribution is 7.26. The molecule has 0 amide bonds. The number of rotatable bonds is 3. The molecule has 0 saturated carbocycles. The van der Waals surface area contributed by atoms with Crippen molar-refractivity contribution in [3.63, 3.8) is 0 Å². The Bertz CT molecular complexity index is 3350. The maximum absolute atomic E-state index is 5.46. The predicted molar refractivity (Wildman–Crippen MR) is 215 cm³/mol. The van der Waals surface area contributed by atoms with Crippen LogP contribution in [0.2, 0.25) is 0 Å². The molecular formula is C46H26N4S. The first kappa shape index (κ1) is 27.3. The second-order valence-corrected chi connectivity index (χ2v) is 14.4. The third kappa shape index (κ3) is 3.63. The lowest BCUT2D eigenvalue weighted by Crippen LogP contribution is -2.01. The molecule has 51 heavy (non-hydrogen) atoms. The molecule has 0 aliphatic heterocycles. The van der Waals surface area contributed by atoms with Crippen LogP contribution in [0.1, 0.15) is 0 Å². The van der Waals surface area contributed by atoms with Gasteiger partial charge in [0.25, 0.3) is 0 Å². The van der Waals surface area contributed by atoms with E-state index in [2.05, 4.69) is 161 Å². The van der Waals surface area contributed by atoms with E-state index < -0.39 is 0 Å². The van der Waals surface area contributed by atoms with Gasteiger partial charge in [0.05, 0.1) is 37.8 Å². The lowest BCUT2D eigenvalue weighted by atomic mass is 10.00. The molecule has 12 rings (SSSR count). The Balaban J connectivity index is 1.30. The SMILES string of the molecule is c1ccc(-c2ccc3c(c2)c2cc4c(c5ccccc5n4-c4nc(-c5ccccc5)nc5c4sc4ccccc45)c4c5ccccc5n3c24)cc1. The summed E-state index contributed by atoms with van der Waals surface area (Å²) in [4.78, 5) is 10.7. The molecule has 0 unspecified atom stereocenters. The summed E-state index contributed by atoms with van der Waals surface area (Å²) in [5.74, 6) is 1.64. The predicted octanol–water partition coefficient (Wildman–Crippen LogP) is 12.4. The summed E-state index contributed by atoms with van der Waals surface area (Å²) in [6.07, 6.45) is 0. The molecule has 4 nitrogen and oxygen atoms in total. The first-order valence-electron chi connectivity index (χ1n) is 17.3. The lowest BCUT2D eigenvalue weighted by molar-refractivity contribution is 1.08. The average Bonchev–Trinajstić information content (AvgIpc) is 3.93. The number of nitrogens with zero attached hydrogens (tertiary/aromatic N) is 4. The molecule has 0 bridgehead atoms. The van der Waals surface area contributed by atoms with Crippen LogP contribution in [-0.2, 0) is 0 Å². The minimum Gasteiger partial charge on any atom is -0.308 e. The van der Waals surface area contributed by atoms with Crippen LogP contribution in [0.4, 0.5) is 0 Å². The second-order valence-electron chi connectivity index (χ2n) is 13.4. The van der Waals surface area contributed by atoms with Crippen molar-refractivity contribution in [3.05, 3.63) is 158 Å². The summed E-state index contributed by atoms with van der Waals surface area (Å²) in [6.45, 7) is 0.